The Morgan fingerprint density at radius 3 is 2.68 bits per heavy atom. The summed E-state index contributed by atoms with van der Waals surface area (Å²) in [7, 11) is 0. The summed E-state index contributed by atoms with van der Waals surface area (Å²) in [6, 6.07) is 15.6. The van der Waals surface area contributed by atoms with Gasteiger partial charge < -0.3 is 10.6 Å². The molecule has 1 saturated heterocycles. The molecular formula is C24H26N4O2S. The lowest BCUT2D eigenvalue weighted by Gasteiger charge is -2.32. The average molecular weight is 435 g/mol. The number of aromatic nitrogens is 2. The summed E-state index contributed by atoms with van der Waals surface area (Å²) in [5.41, 5.74) is 7.86. The summed E-state index contributed by atoms with van der Waals surface area (Å²) < 4.78 is 0. The molecule has 2 N–H and O–H groups in total. The molecule has 6 nitrogen and oxygen atoms in total. The van der Waals surface area contributed by atoms with Crippen LogP contribution in [0.25, 0.3) is 0 Å². The van der Waals surface area contributed by atoms with Crippen molar-refractivity contribution in [2.24, 2.45) is 11.7 Å². The van der Waals surface area contributed by atoms with E-state index in [2.05, 4.69) is 14.9 Å². The topological polar surface area (TPSA) is 89.2 Å². The molecule has 31 heavy (non-hydrogen) atoms. The fourth-order valence-electron chi connectivity index (χ4n) is 4.08. The number of hydrogen-bond donors (Lipinski definition) is 1. The number of amides is 1. The molecule has 3 aromatic rings. The highest BCUT2D eigenvalue weighted by molar-refractivity contribution is 7.16. The first-order valence-electron chi connectivity index (χ1n) is 10.6. The van der Waals surface area contributed by atoms with Crippen molar-refractivity contribution in [1.82, 2.24) is 9.97 Å². The van der Waals surface area contributed by atoms with Crippen molar-refractivity contribution in [3.8, 4) is 0 Å². The van der Waals surface area contributed by atoms with Gasteiger partial charge in [-0.2, -0.15) is 0 Å². The van der Waals surface area contributed by atoms with Gasteiger partial charge in [-0.05, 0) is 36.5 Å². The number of nitrogens with two attached hydrogens (primary N) is 1. The molecule has 1 aromatic carbocycles. The van der Waals surface area contributed by atoms with Crippen molar-refractivity contribution >= 4 is 28.2 Å². The highest BCUT2D eigenvalue weighted by Gasteiger charge is 2.26. The Bertz CT molecular complexity index is 1040. The molecule has 3 heterocycles. The summed E-state index contributed by atoms with van der Waals surface area (Å²) >= 11 is 1.50. The molecule has 1 aliphatic rings. The van der Waals surface area contributed by atoms with Crippen LogP contribution in [-0.4, -0.2) is 34.7 Å². The Morgan fingerprint density at radius 1 is 1.13 bits per heavy atom. The number of ketones is 1. The lowest BCUT2D eigenvalue weighted by Crippen LogP contribution is -2.36. The number of nitrogens with zero attached hydrogens (tertiary/aromatic N) is 3. The molecule has 1 atom stereocenters. The van der Waals surface area contributed by atoms with Gasteiger partial charge in [0.1, 0.15) is 11.5 Å². The summed E-state index contributed by atoms with van der Waals surface area (Å²) in [6.07, 6.45) is 5.36. The molecule has 1 aliphatic heterocycles. The van der Waals surface area contributed by atoms with Gasteiger partial charge in [-0.1, -0.05) is 36.4 Å². The minimum Gasteiger partial charge on any atom is -0.364 e. The van der Waals surface area contributed by atoms with Crippen molar-refractivity contribution in [2.45, 2.75) is 32.1 Å². The van der Waals surface area contributed by atoms with Crippen LogP contribution >= 0.6 is 11.3 Å². The first-order valence-corrected chi connectivity index (χ1v) is 11.4. The third-order valence-corrected chi connectivity index (χ3v) is 6.65. The Labute approximate surface area is 186 Å². The van der Waals surface area contributed by atoms with E-state index >= 15 is 0 Å². The lowest BCUT2D eigenvalue weighted by molar-refractivity contribution is -0.119. The minimum absolute atomic E-state index is 0.269. The maximum absolute atomic E-state index is 12.6. The predicted molar refractivity (Wildman–Crippen MR) is 122 cm³/mol. The normalized spacial score (nSPS) is 16.3. The van der Waals surface area contributed by atoms with Gasteiger partial charge in [0.2, 0.25) is 0 Å². The van der Waals surface area contributed by atoms with E-state index in [4.69, 9.17) is 5.73 Å². The molecule has 0 aliphatic carbocycles. The molecule has 0 unspecified atom stereocenters. The third kappa shape index (κ3) is 5.55. The van der Waals surface area contributed by atoms with Gasteiger partial charge in [-0.3, -0.25) is 14.6 Å². The summed E-state index contributed by atoms with van der Waals surface area (Å²) in [6.45, 7) is 1.65. The molecule has 4 rings (SSSR count). The number of primary amides is 1. The van der Waals surface area contributed by atoms with Crippen LogP contribution in [0.4, 0.5) is 5.13 Å². The highest BCUT2D eigenvalue weighted by atomic mass is 32.1. The largest absolute Gasteiger partial charge is 0.364 e. The molecule has 1 amide bonds. The fraction of sp³-hybridized carbons (Fsp3) is 0.333. The van der Waals surface area contributed by atoms with Crippen LogP contribution in [0.1, 0.15) is 45.9 Å². The lowest BCUT2D eigenvalue weighted by atomic mass is 9.91. The molecule has 0 saturated carbocycles. The van der Waals surface area contributed by atoms with Crippen LogP contribution in [0.3, 0.4) is 0 Å². The van der Waals surface area contributed by atoms with Gasteiger partial charge >= 0.3 is 0 Å². The second-order valence-electron chi connectivity index (χ2n) is 7.99. The minimum atomic E-state index is -0.514. The van der Waals surface area contributed by atoms with Crippen molar-refractivity contribution in [3.63, 3.8) is 0 Å². The van der Waals surface area contributed by atoms with Gasteiger partial charge in [-0.25, -0.2) is 4.98 Å². The number of hydrogen-bond acceptors (Lipinski definition) is 6. The number of carbonyl (C=O) groups is 2. The molecule has 0 radical (unpaired) electrons. The second-order valence-corrected chi connectivity index (χ2v) is 9.05. The Balaban J connectivity index is 1.43. The number of benzene rings is 1. The van der Waals surface area contributed by atoms with Crippen molar-refractivity contribution in [2.75, 3.05) is 18.0 Å². The Morgan fingerprint density at radius 2 is 1.94 bits per heavy atom. The summed E-state index contributed by atoms with van der Waals surface area (Å²) in [5, 5.41) is 0.805. The van der Waals surface area contributed by atoms with E-state index in [1.807, 2.05) is 48.5 Å². The quantitative estimate of drug-likeness (QED) is 0.585. The van der Waals surface area contributed by atoms with Crippen molar-refractivity contribution in [1.29, 1.82) is 0 Å². The number of pyridine rings is 1. The smallest absolute Gasteiger partial charge is 0.268 e. The van der Waals surface area contributed by atoms with Crippen molar-refractivity contribution < 1.29 is 9.59 Å². The molecule has 2 aromatic heterocycles. The van der Waals surface area contributed by atoms with Crippen LogP contribution < -0.4 is 10.6 Å². The van der Waals surface area contributed by atoms with Gasteiger partial charge in [0, 0.05) is 49.1 Å². The molecule has 160 valence electrons. The Kier molecular flexibility index (Phi) is 6.72. The van der Waals surface area contributed by atoms with Crippen LogP contribution in [0.2, 0.25) is 0 Å². The average Bonchev–Trinajstić information content (AvgIpc) is 3.19. The summed E-state index contributed by atoms with van der Waals surface area (Å²) in [4.78, 5) is 36.5. The number of rotatable bonds is 8. The van der Waals surface area contributed by atoms with E-state index in [1.54, 1.807) is 6.20 Å². The van der Waals surface area contributed by atoms with E-state index in [1.165, 1.54) is 11.3 Å². The molecule has 0 bridgehead atoms. The third-order valence-electron chi connectivity index (χ3n) is 5.54. The molecular weight excluding hydrogens is 408 g/mol. The maximum Gasteiger partial charge on any atom is 0.268 e. The number of carbonyl (C=O) groups excluding carboxylic acids is 2. The van der Waals surface area contributed by atoms with E-state index in [0.717, 1.165) is 47.2 Å². The monoisotopic (exact) mass is 434 g/mol. The molecule has 7 heteroatoms. The van der Waals surface area contributed by atoms with Crippen LogP contribution in [0, 0.1) is 5.92 Å². The maximum atomic E-state index is 12.6. The van der Waals surface area contributed by atoms with Crippen LogP contribution in [0.5, 0.6) is 0 Å². The first kappa shape index (κ1) is 21.2. The first-order chi connectivity index (χ1) is 15.1. The van der Waals surface area contributed by atoms with Crippen LogP contribution in [0.15, 0.2) is 54.7 Å². The van der Waals surface area contributed by atoms with Gasteiger partial charge in [0.05, 0.1) is 0 Å². The standard InChI is InChI=1S/C24H26N4O2S/c25-23(30)22-21(15-19-10-4-5-11-26-19)31-24(27-22)28-12-6-9-18(16-28)14-20(29)13-17-7-2-1-3-8-17/h1-5,7-8,10-11,18H,6,9,12-16H2,(H2,25,30)/t18-/m0/s1. The van der Waals surface area contributed by atoms with E-state index < -0.39 is 5.91 Å². The number of thiazole rings is 1. The van der Waals surface area contributed by atoms with E-state index in [-0.39, 0.29) is 5.78 Å². The SMILES string of the molecule is NC(=O)c1nc(N2CCC[C@@H](CC(=O)Cc3ccccc3)C2)sc1Cc1ccccn1. The summed E-state index contributed by atoms with van der Waals surface area (Å²) in [5.74, 6) is 0.0519. The predicted octanol–water partition coefficient (Wildman–Crippen LogP) is 3.65. The zero-order valence-corrected chi connectivity index (χ0v) is 18.2. The van der Waals surface area contributed by atoms with E-state index in [0.29, 0.717) is 30.9 Å². The molecule has 0 spiro atoms. The van der Waals surface area contributed by atoms with Gasteiger partial charge in [-0.15, -0.1) is 11.3 Å². The number of piperidine rings is 1. The zero-order chi connectivity index (χ0) is 21.6. The number of anilines is 1. The van der Waals surface area contributed by atoms with Gasteiger partial charge in [0.25, 0.3) is 5.91 Å². The fourth-order valence-corrected chi connectivity index (χ4v) is 5.19. The number of Topliss-reactive ketones (excluding diaryl/α,β-unsaturated/α-hetero) is 1. The van der Waals surface area contributed by atoms with E-state index in [9.17, 15) is 9.59 Å². The van der Waals surface area contributed by atoms with Crippen LogP contribution in [-0.2, 0) is 17.6 Å². The highest BCUT2D eigenvalue weighted by Crippen LogP contribution is 2.32. The second kappa shape index (κ2) is 9.83. The Hall–Kier alpha value is -3.06. The van der Waals surface area contributed by atoms with Gasteiger partial charge in [0.15, 0.2) is 5.13 Å². The molecule has 1 fully saturated rings. The van der Waals surface area contributed by atoms with Crippen molar-refractivity contribution in [3.05, 3.63) is 76.6 Å². The zero-order valence-electron chi connectivity index (χ0n) is 17.4.